The van der Waals surface area contributed by atoms with Crippen molar-refractivity contribution < 1.29 is 0 Å². The summed E-state index contributed by atoms with van der Waals surface area (Å²) < 4.78 is 0. The van der Waals surface area contributed by atoms with Crippen molar-refractivity contribution in [3.8, 4) is 0 Å². The minimum absolute atomic E-state index is 0.704. The molecule has 0 aromatic rings. The molecule has 2 aliphatic carbocycles. The Hall–Kier alpha value is -0.260. The molecule has 4 atom stereocenters. The van der Waals surface area contributed by atoms with Gasteiger partial charge in [-0.25, -0.2) is 0 Å². The van der Waals surface area contributed by atoms with Crippen LogP contribution in [0.2, 0.25) is 0 Å². The molecule has 0 radical (unpaired) electrons. The summed E-state index contributed by atoms with van der Waals surface area (Å²) in [5, 5.41) is 0. The van der Waals surface area contributed by atoms with E-state index in [-0.39, 0.29) is 0 Å². The van der Waals surface area contributed by atoms with E-state index in [0.717, 1.165) is 23.7 Å². The molecule has 2 fully saturated rings. The van der Waals surface area contributed by atoms with Crippen molar-refractivity contribution in [2.75, 3.05) is 0 Å². The smallest absolute Gasteiger partial charge is 0.0140 e. The van der Waals surface area contributed by atoms with E-state index in [4.69, 9.17) is 0 Å². The van der Waals surface area contributed by atoms with Crippen molar-refractivity contribution >= 4 is 0 Å². The SMILES string of the molecule is C=CC1C2C(C(C)C)C12C. The Morgan fingerprint density at radius 3 is 2.30 bits per heavy atom. The van der Waals surface area contributed by atoms with Gasteiger partial charge in [0.15, 0.2) is 0 Å². The molecule has 2 rings (SSSR count). The van der Waals surface area contributed by atoms with Crippen LogP contribution in [0.15, 0.2) is 12.7 Å². The predicted molar refractivity (Wildman–Crippen MR) is 43.6 cm³/mol. The number of hydrogen-bond donors (Lipinski definition) is 0. The minimum Gasteiger partial charge on any atom is -0.103 e. The molecule has 0 heterocycles. The standard InChI is InChI=1S/C10H16/c1-5-7-9-8(6(2)3)10(7,9)4/h5-9H,1H2,2-4H3. The van der Waals surface area contributed by atoms with Crippen LogP contribution in [0.1, 0.15) is 20.8 Å². The van der Waals surface area contributed by atoms with Crippen molar-refractivity contribution in [1.82, 2.24) is 0 Å². The molecule has 0 spiro atoms. The highest BCUT2D eigenvalue weighted by Gasteiger charge is 2.82. The molecule has 0 aromatic carbocycles. The molecule has 10 heavy (non-hydrogen) atoms. The number of hydrogen-bond acceptors (Lipinski definition) is 0. The molecule has 0 heteroatoms. The Balaban J connectivity index is 2.00. The van der Waals surface area contributed by atoms with Crippen LogP contribution in [0.4, 0.5) is 0 Å². The average Bonchev–Trinajstić information content (AvgIpc) is 2.55. The fourth-order valence-corrected chi connectivity index (χ4v) is 3.06. The fraction of sp³-hybridized carbons (Fsp3) is 0.800. The largest absolute Gasteiger partial charge is 0.103 e. The van der Waals surface area contributed by atoms with E-state index in [9.17, 15) is 0 Å². The fourth-order valence-electron chi connectivity index (χ4n) is 3.06. The van der Waals surface area contributed by atoms with E-state index in [2.05, 4.69) is 33.4 Å². The van der Waals surface area contributed by atoms with E-state index >= 15 is 0 Å². The maximum Gasteiger partial charge on any atom is -0.0140 e. The van der Waals surface area contributed by atoms with Gasteiger partial charge >= 0.3 is 0 Å². The predicted octanol–water partition coefficient (Wildman–Crippen LogP) is 2.71. The second kappa shape index (κ2) is 1.49. The van der Waals surface area contributed by atoms with Crippen LogP contribution in [0.25, 0.3) is 0 Å². The molecule has 0 bridgehead atoms. The molecule has 56 valence electrons. The quantitative estimate of drug-likeness (QED) is 0.512. The van der Waals surface area contributed by atoms with Gasteiger partial charge in [0.2, 0.25) is 0 Å². The molecule has 0 nitrogen and oxygen atoms in total. The van der Waals surface area contributed by atoms with Gasteiger partial charge < -0.3 is 0 Å². The molecule has 2 saturated carbocycles. The summed E-state index contributed by atoms with van der Waals surface area (Å²) in [6, 6.07) is 0. The van der Waals surface area contributed by atoms with Gasteiger partial charge in [-0.15, -0.1) is 6.58 Å². The Morgan fingerprint density at radius 2 is 2.00 bits per heavy atom. The van der Waals surface area contributed by atoms with Crippen LogP contribution in [0, 0.1) is 29.1 Å². The van der Waals surface area contributed by atoms with Crippen molar-refractivity contribution in [2.24, 2.45) is 29.1 Å². The normalized spacial score (nSPS) is 56.2. The first-order valence-corrected chi connectivity index (χ1v) is 4.26. The van der Waals surface area contributed by atoms with E-state index in [1.165, 1.54) is 0 Å². The zero-order valence-corrected chi connectivity index (χ0v) is 7.09. The highest BCUT2D eigenvalue weighted by atomic mass is 14.9. The van der Waals surface area contributed by atoms with Gasteiger partial charge in [0.25, 0.3) is 0 Å². The van der Waals surface area contributed by atoms with Gasteiger partial charge in [0.05, 0.1) is 0 Å². The van der Waals surface area contributed by atoms with Gasteiger partial charge in [0.1, 0.15) is 0 Å². The minimum atomic E-state index is 0.704. The summed E-state index contributed by atoms with van der Waals surface area (Å²) in [7, 11) is 0. The third-order valence-corrected chi connectivity index (χ3v) is 3.68. The Morgan fingerprint density at radius 1 is 1.50 bits per heavy atom. The maximum atomic E-state index is 3.84. The van der Waals surface area contributed by atoms with Crippen LogP contribution in [0.3, 0.4) is 0 Å². The second-order valence-corrected chi connectivity index (χ2v) is 4.42. The molecule has 0 saturated heterocycles. The van der Waals surface area contributed by atoms with Gasteiger partial charge in [-0.2, -0.15) is 0 Å². The highest BCUT2D eigenvalue weighted by molar-refractivity contribution is 5.33. The lowest BCUT2D eigenvalue weighted by Crippen LogP contribution is -2.10. The Labute approximate surface area is 63.3 Å². The number of rotatable bonds is 2. The average molecular weight is 136 g/mol. The monoisotopic (exact) mass is 136 g/mol. The summed E-state index contributed by atoms with van der Waals surface area (Å²) in [6.45, 7) is 10.9. The van der Waals surface area contributed by atoms with Crippen molar-refractivity contribution in [1.29, 1.82) is 0 Å². The van der Waals surface area contributed by atoms with E-state index in [1.54, 1.807) is 0 Å². The third-order valence-electron chi connectivity index (χ3n) is 3.68. The zero-order chi connectivity index (χ0) is 7.52. The first-order chi connectivity index (χ1) is 4.64. The van der Waals surface area contributed by atoms with Crippen LogP contribution >= 0.6 is 0 Å². The van der Waals surface area contributed by atoms with Gasteiger partial charge in [-0.3, -0.25) is 0 Å². The summed E-state index contributed by atoms with van der Waals surface area (Å²) in [6.07, 6.45) is 2.14. The molecular formula is C10H16. The molecule has 0 N–H and O–H groups in total. The first-order valence-electron chi connectivity index (χ1n) is 4.26. The zero-order valence-electron chi connectivity index (χ0n) is 7.09. The number of fused-ring (bicyclic) bond motifs is 1. The second-order valence-electron chi connectivity index (χ2n) is 4.42. The topological polar surface area (TPSA) is 0 Å². The van der Waals surface area contributed by atoms with Crippen LogP contribution in [-0.2, 0) is 0 Å². The summed E-state index contributed by atoms with van der Waals surface area (Å²) in [5.41, 5.74) is 0.704. The van der Waals surface area contributed by atoms with Crippen molar-refractivity contribution in [2.45, 2.75) is 20.8 Å². The Bertz CT molecular complexity index is 180. The highest BCUT2D eigenvalue weighted by Crippen LogP contribution is 2.85. The molecular weight excluding hydrogens is 120 g/mol. The van der Waals surface area contributed by atoms with Gasteiger partial charge in [-0.1, -0.05) is 26.8 Å². The lowest BCUT2D eigenvalue weighted by Gasteiger charge is -2.16. The maximum absolute atomic E-state index is 3.84. The van der Waals surface area contributed by atoms with Crippen LogP contribution < -0.4 is 0 Å². The molecule has 4 unspecified atom stereocenters. The third kappa shape index (κ3) is 0.457. The molecule has 0 aromatic heterocycles. The Kier molecular flexibility index (Phi) is 0.962. The van der Waals surface area contributed by atoms with Gasteiger partial charge in [0, 0.05) is 0 Å². The van der Waals surface area contributed by atoms with Crippen LogP contribution in [0.5, 0.6) is 0 Å². The molecule has 0 aliphatic heterocycles. The molecule has 0 amide bonds. The summed E-state index contributed by atoms with van der Waals surface area (Å²) >= 11 is 0. The van der Waals surface area contributed by atoms with Crippen molar-refractivity contribution in [3.63, 3.8) is 0 Å². The van der Waals surface area contributed by atoms with Gasteiger partial charge in [-0.05, 0) is 29.1 Å². The number of allylic oxidation sites excluding steroid dienone is 1. The van der Waals surface area contributed by atoms with E-state index < -0.39 is 0 Å². The summed E-state index contributed by atoms with van der Waals surface area (Å²) in [4.78, 5) is 0. The van der Waals surface area contributed by atoms with E-state index in [1.807, 2.05) is 0 Å². The van der Waals surface area contributed by atoms with Crippen molar-refractivity contribution in [3.05, 3.63) is 12.7 Å². The molecule has 2 aliphatic rings. The first kappa shape index (κ1) is 6.45. The van der Waals surface area contributed by atoms with E-state index in [0.29, 0.717) is 5.41 Å². The lowest BCUT2D eigenvalue weighted by molar-refractivity contribution is 0.351. The summed E-state index contributed by atoms with van der Waals surface area (Å²) in [5.74, 6) is 3.81. The van der Waals surface area contributed by atoms with Crippen LogP contribution in [-0.4, -0.2) is 0 Å². The lowest BCUT2D eigenvalue weighted by atomic mass is 9.89.